The highest BCUT2D eigenvalue weighted by Crippen LogP contribution is 2.42. The summed E-state index contributed by atoms with van der Waals surface area (Å²) in [6.07, 6.45) is 2.35. The lowest BCUT2D eigenvalue weighted by Gasteiger charge is -2.08. The highest BCUT2D eigenvalue weighted by molar-refractivity contribution is 9.10. The van der Waals surface area contributed by atoms with Gasteiger partial charge in [-0.3, -0.25) is 10.1 Å². The molecule has 0 unspecified atom stereocenters. The maximum absolute atomic E-state index is 11.8. The second-order valence-electron chi connectivity index (χ2n) is 4.99. The first-order valence-electron chi connectivity index (χ1n) is 6.64. The minimum Gasteiger partial charge on any atom is -0.483 e. The van der Waals surface area contributed by atoms with Crippen molar-refractivity contribution >= 4 is 38.3 Å². The van der Waals surface area contributed by atoms with Crippen LogP contribution in [0, 0.1) is 6.92 Å². The monoisotopic (exact) mass is 367 g/mol. The van der Waals surface area contributed by atoms with E-state index in [0.29, 0.717) is 16.8 Å². The van der Waals surface area contributed by atoms with Crippen molar-refractivity contribution in [3.8, 4) is 5.75 Å². The molecule has 1 saturated carbocycles. The molecule has 1 N–H and O–H groups in total. The second-order valence-corrected chi connectivity index (χ2v) is 6.85. The van der Waals surface area contributed by atoms with Crippen molar-refractivity contribution in [2.45, 2.75) is 25.7 Å². The van der Waals surface area contributed by atoms with Gasteiger partial charge in [-0.25, -0.2) is 0 Å². The molecular formula is C14H14BrN3O2S. The number of benzene rings is 1. The summed E-state index contributed by atoms with van der Waals surface area (Å²) in [5.41, 5.74) is 1.13. The summed E-state index contributed by atoms with van der Waals surface area (Å²) in [4.78, 5) is 11.8. The molecule has 0 atom stereocenters. The molecule has 1 heterocycles. The highest BCUT2D eigenvalue weighted by Gasteiger charge is 2.27. The number of nitrogens with one attached hydrogen (secondary N) is 1. The van der Waals surface area contributed by atoms with Gasteiger partial charge in [-0.2, -0.15) is 0 Å². The van der Waals surface area contributed by atoms with Crippen LogP contribution in [0.5, 0.6) is 5.75 Å². The van der Waals surface area contributed by atoms with Crippen molar-refractivity contribution in [3.63, 3.8) is 0 Å². The molecule has 0 bridgehead atoms. The highest BCUT2D eigenvalue weighted by atomic mass is 79.9. The van der Waals surface area contributed by atoms with Crippen LogP contribution in [0.25, 0.3) is 0 Å². The third kappa shape index (κ3) is 3.79. The molecule has 7 heteroatoms. The van der Waals surface area contributed by atoms with Crippen LogP contribution in [0.2, 0.25) is 0 Å². The Hall–Kier alpha value is -1.47. The molecule has 1 aromatic heterocycles. The quantitative estimate of drug-likeness (QED) is 0.877. The van der Waals surface area contributed by atoms with Gasteiger partial charge in [0.25, 0.3) is 5.91 Å². The first-order chi connectivity index (χ1) is 10.1. The summed E-state index contributed by atoms with van der Waals surface area (Å²) in [6.45, 7) is 1.94. The van der Waals surface area contributed by atoms with E-state index < -0.39 is 0 Å². The lowest BCUT2D eigenvalue weighted by molar-refractivity contribution is -0.118. The number of carbonyl (C=O) groups is 1. The van der Waals surface area contributed by atoms with E-state index in [-0.39, 0.29) is 12.5 Å². The molecule has 1 aliphatic carbocycles. The molecule has 0 radical (unpaired) electrons. The molecule has 0 spiro atoms. The van der Waals surface area contributed by atoms with Crippen molar-refractivity contribution in [2.24, 2.45) is 0 Å². The number of halogens is 1. The second kappa shape index (κ2) is 6.11. The number of aryl methyl sites for hydroxylation is 1. The van der Waals surface area contributed by atoms with Gasteiger partial charge in [0, 0.05) is 5.92 Å². The van der Waals surface area contributed by atoms with Crippen LogP contribution >= 0.6 is 27.3 Å². The topological polar surface area (TPSA) is 64.1 Å². The normalized spacial score (nSPS) is 14.0. The van der Waals surface area contributed by atoms with E-state index in [9.17, 15) is 4.79 Å². The average Bonchev–Trinajstić information content (AvgIpc) is 3.19. The van der Waals surface area contributed by atoms with Gasteiger partial charge in [-0.05, 0) is 53.4 Å². The average molecular weight is 368 g/mol. The van der Waals surface area contributed by atoms with Crippen molar-refractivity contribution in [1.82, 2.24) is 10.2 Å². The van der Waals surface area contributed by atoms with E-state index in [1.54, 1.807) is 0 Å². The molecule has 0 aliphatic heterocycles. The largest absolute Gasteiger partial charge is 0.483 e. The van der Waals surface area contributed by atoms with Gasteiger partial charge in [0.2, 0.25) is 5.13 Å². The minimum absolute atomic E-state index is 0.0556. The number of rotatable bonds is 5. The summed E-state index contributed by atoms with van der Waals surface area (Å²) in [5.74, 6) is 0.959. The van der Waals surface area contributed by atoms with E-state index >= 15 is 0 Å². The number of carbonyl (C=O) groups excluding carboxylic acids is 1. The molecule has 1 fully saturated rings. The Labute approximate surface area is 134 Å². The zero-order valence-corrected chi connectivity index (χ0v) is 13.8. The molecule has 110 valence electrons. The molecule has 1 aromatic carbocycles. The molecule has 1 amide bonds. The zero-order chi connectivity index (χ0) is 14.8. The maximum atomic E-state index is 11.8. The van der Waals surface area contributed by atoms with Gasteiger partial charge in [0.05, 0.1) is 4.47 Å². The number of anilines is 1. The number of hydrogen-bond acceptors (Lipinski definition) is 5. The summed E-state index contributed by atoms with van der Waals surface area (Å²) >= 11 is 4.85. The molecule has 5 nitrogen and oxygen atoms in total. The Morgan fingerprint density at radius 2 is 2.29 bits per heavy atom. The van der Waals surface area contributed by atoms with Crippen LogP contribution < -0.4 is 10.1 Å². The minimum atomic E-state index is -0.235. The molecule has 1 aliphatic rings. The number of nitrogens with zero attached hydrogens (tertiary/aromatic N) is 2. The summed E-state index contributed by atoms with van der Waals surface area (Å²) in [6, 6.07) is 5.72. The maximum Gasteiger partial charge on any atom is 0.264 e. The Kier molecular flexibility index (Phi) is 4.21. The van der Waals surface area contributed by atoms with Gasteiger partial charge < -0.3 is 4.74 Å². The van der Waals surface area contributed by atoms with Crippen LogP contribution in [0.1, 0.15) is 29.3 Å². The van der Waals surface area contributed by atoms with E-state index in [2.05, 4.69) is 31.4 Å². The number of hydrogen-bond donors (Lipinski definition) is 1. The van der Waals surface area contributed by atoms with Gasteiger partial charge >= 0.3 is 0 Å². The van der Waals surface area contributed by atoms with Gasteiger partial charge in [0.15, 0.2) is 6.61 Å². The number of aromatic nitrogens is 2. The van der Waals surface area contributed by atoms with Crippen molar-refractivity contribution in [3.05, 3.63) is 33.2 Å². The Balaban J connectivity index is 1.53. The van der Waals surface area contributed by atoms with Gasteiger partial charge in [-0.1, -0.05) is 17.4 Å². The fraction of sp³-hybridized carbons (Fsp3) is 0.357. The summed E-state index contributed by atoms with van der Waals surface area (Å²) in [5, 5.41) is 12.3. The predicted octanol–water partition coefficient (Wildman–Crippen LogP) is 3.50. The van der Waals surface area contributed by atoms with E-state index in [1.165, 1.54) is 24.2 Å². The third-order valence-corrected chi connectivity index (χ3v) is 4.68. The molecular weight excluding hydrogens is 354 g/mol. The molecule has 2 aromatic rings. The lowest BCUT2D eigenvalue weighted by Crippen LogP contribution is -2.20. The first kappa shape index (κ1) is 14.5. The number of ether oxygens (including phenoxy) is 1. The summed E-state index contributed by atoms with van der Waals surface area (Å²) in [7, 11) is 0. The third-order valence-electron chi connectivity index (χ3n) is 3.06. The standard InChI is InChI=1S/C14H14BrN3O2S/c1-8-2-5-11(10(15)6-8)20-7-12(19)16-14-18-17-13(21-14)9-3-4-9/h2,5-6,9H,3-4,7H2,1H3,(H,16,18,19). The van der Waals surface area contributed by atoms with Crippen LogP contribution in [0.15, 0.2) is 22.7 Å². The fourth-order valence-electron chi connectivity index (χ4n) is 1.80. The predicted molar refractivity (Wildman–Crippen MR) is 84.9 cm³/mol. The smallest absolute Gasteiger partial charge is 0.264 e. The zero-order valence-electron chi connectivity index (χ0n) is 11.4. The first-order valence-corrected chi connectivity index (χ1v) is 8.25. The van der Waals surface area contributed by atoms with Crippen LogP contribution in [0.4, 0.5) is 5.13 Å². The van der Waals surface area contributed by atoms with E-state index in [4.69, 9.17) is 4.74 Å². The Bertz CT molecular complexity index is 670. The Morgan fingerprint density at radius 1 is 1.48 bits per heavy atom. The van der Waals surface area contributed by atoms with Crippen LogP contribution in [-0.4, -0.2) is 22.7 Å². The van der Waals surface area contributed by atoms with Gasteiger partial charge in [0.1, 0.15) is 10.8 Å². The van der Waals surface area contributed by atoms with Crippen molar-refractivity contribution < 1.29 is 9.53 Å². The molecule has 0 saturated heterocycles. The summed E-state index contributed by atoms with van der Waals surface area (Å²) < 4.78 is 6.33. The van der Waals surface area contributed by atoms with Crippen molar-refractivity contribution in [1.29, 1.82) is 0 Å². The SMILES string of the molecule is Cc1ccc(OCC(=O)Nc2nnc(C3CC3)s2)c(Br)c1. The van der Waals surface area contributed by atoms with Crippen LogP contribution in [0.3, 0.4) is 0 Å². The fourth-order valence-corrected chi connectivity index (χ4v) is 3.34. The van der Waals surface area contributed by atoms with E-state index in [1.807, 2.05) is 25.1 Å². The lowest BCUT2D eigenvalue weighted by atomic mass is 10.2. The Morgan fingerprint density at radius 3 is 3.00 bits per heavy atom. The van der Waals surface area contributed by atoms with Gasteiger partial charge in [-0.15, -0.1) is 10.2 Å². The van der Waals surface area contributed by atoms with E-state index in [0.717, 1.165) is 15.0 Å². The molecule has 21 heavy (non-hydrogen) atoms. The molecule has 3 rings (SSSR count). The number of amides is 1. The van der Waals surface area contributed by atoms with Crippen molar-refractivity contribution in [2.75, 3.05) is 11.9 Å². The van der Waals surface area contributed by atoms with Crippen LogP contribution in [-0.2, 0) is 4.79 Å².